The molecule has 1 aromatic heterocycles. The standard InChI is InChI=1S/C17H19ClN4O.2ClH/c18-14-3-1-2-13(10-14)16-11-20-8-9-22(16)12-17(23)21-15-4-6-19-7-5-15;;/h1-7,10,16,20H,8-9,11-12H2,(H,19,21,23);2*1H. The van der Waals surface area contributed by atoms with E-state index in [1.807, 2.05) is 18.2 Å². The smallest absolute Gasteiger partial charge is 0.238 e. The van der Waals surface area contributed by atoms with Crippen molar-refractivity contribution in [1.82, 2.24) is 15.2 Å². The maximum Gasteiger partial charge on any atom is 0.238 e. The van der Waals surface area contributed by atoms with Crippen molar-refractivity contribution in [2.75, 3.05) is 31.5 Å². The van der Waals surface area contributed by atoms with Crippen molar-refractivity contribution in [3.05, 3.63) is 59.4 Å². The first kappa shape index (κ1) is 21.7. The first-order chi connectivity index (χ1) is 11.2. The molecule has 1 aromatic carbocycles. The molecule has 0 bridgehead atoms. The van der Waals surface area contributed by atoms with Crippen LogP contribution in [0.4, 0.5) is 5.69 Å². The Morgan fingerprint density at radius 3 is 2.76 bits per heavy atom. The third-order valence-electron chi connectivity index (χ3n) is 3.90. The minimum Gasteiger partial charge on any atom is -0.325 e. The fraction of sp³-hybridized carbons (Fsp3) is 0.294. The molecule has 0 spiro atoms. The molecule has 2 aromatic rings. The molecule has 1 fully saturated rings. The molecule has 1 amide bonds. The first-order valence-electron chi connectivity index (χ1n) is 7.62. The van der Waals surface area contributed by atoms with E-state index in [0.717, 1.165) is 30.9 Å². The van der Waals surface area contributed by atoms with Gasteiger partial charge in [0.2, 0.25) is 5.91 Å². The summed E-state index contributed by atoms with van der Waals surface area (Å²) in [5, 5.41) is 7.00. The highest BCUT2D eigenvalue weighted by Gasteiger charge is 2.25. The zero-order valence-electron chi connectivity index (χ0n) is 13.5. The minimum atomic E-state index is -0.0230. The number of pyridine rings is 1. The van der Waals surface area contributed by atoms with Gasteiger partial charge >= 0.3 is 0 Å². The Morgan fingerprint density at radius 1 is 1.28 bits per heavy atom. The Bertz CT molecular complexity index is 672. The van der Waals surface area contributed by atoms with Crippen molar-refractivity contribution >= 4 is 48.0 Å². The van der Waals surface area contributed by atoms with Crippen LogP contribution in [0.3, 0.4) is 0 Å². The number of anilines is 1. The zero-order valence-corrected chi connectivity index (χ0v) is 15.9. The van der Waals surface area contributed by atoms with Crippen molar-refractivity contribution in [3.8, 4) is 0 Å². The zero-order chi connectivity index (χ0) is 16.1. The molecular weight excluding hydrogens is 383 g/mol. The molecule has 1 saturated heterocycles. The third kappa shape index (κ3) is 6.13. The SMILES string of the molecule is Cl.Cl.O=C(CN1CCNCC1c1cccc(Cl)c1)Nc1ccncc1. The van der Waals surface area contributed by atoms with E-state index in [2.05, 4.69) is 26.6 Å². The molecule has 1 unspecified atom stereocenters. The Morgan fingerprint density at radius 2 is 2.04 bits per heavy atom. The van der Waals surface area contributed by atoms with Gasteiger partial charge in [-0.2, -0.15) is 0 Å². The fourth-order valence-electron chi connectivity index (χ4n) is 2.80. The highest BCUT2D eigenvalue weighted by atomic mass is 35.5. The third-order valence-corrected chi connectivity index (χ3v) is 4.13. The van der Waals surface area contributed by atoms with Gasteiger partial charge in [0, 0.05) is 48.8 Å². The van der Waals surface area contributed by atoms with E-state index in [0.29, 0.717) is 11.6 Å². The number of rotatable bonds is 4. The number of aromatic nitrogens is 1. The minimum absolute atomic E-state index is 0. The monoisotopic (exact) mass is 402 g/mol. The van der Waals surface area contributed by atoms with Crippen molar-refractivity contribution in [2.24, 2.45) is 0 Å². The van der Waals surface area contributed by atoms with Crippen LogP contribution in [-0.2, 0) is 4.79 Å². The first-order valence-corrected chi connectivity index (χ1v) is 8.00. The molecule has 1 atom stereocenters. The molecule has 25 heavy (non-hydrogen) atoms. The summed E-state index contributed by atoms with van der Waals surface area (Å²) in [7, 11) is 0. The average molecular weight is 404 g/mol. The molecule has 0 radical (unpaired) electrons. The van der Waals surface area contributed by atoms with Gasteiger partial charge in [0.05, 0.1) is 6.54 Å². The summed E-state index contributed by atoms with van der Waals surface area (Å²) in [6.07, 6.45) is 3.32. The van der Waals surface area contributed by atoms with Gasteiger partial charge < -0.3 is 10.6 Å². The molecule has 1 aliphatic heterocycles. The van der Waals surface area contributed by atoms with Crippen LogP contribution in [0, 0.1) is 0 Å². The van der Waals surface area contributed by atoms with Crippen LogP contribution in [0.15, 0.2) is 48.8 Å². The molecule has 8 heteroatoms. The van der Waals surface area contributed by atoms with Crippen LogP contribution in [0.5, 0.6) is 0 Å². The number of hydrogen-bond donors (Lipinski definition) is 2. The van der Waals surface area contributed by atoms with Crippen LogP contribution in [0.25, 0.3) is 0 Å². The molecular formula is C17H21Cl3N4O. The highest BCUT2D eigenvalue weighted by Crippen LogP contribution is 2.24. The van der Waals surface area contributed by atoms with E-state index < -0.39 is 0 Å². The van der Waals surface area contributed by atoms with Gasteiger partial charge in [-0.15, -0.1) is 24.8 Å². The number of benzene rings is 1. The van der Waals surface area contributed by atoms with Crippen LogP contribution in [-0.4, -0.2) is 42.0 Å². The summed E-state index contributed by atoms with van der Waals surface area (Å²) in [5.41, 5.74) is 1.89. The molecule has 0 aliphatic carbocycles. The Kier molecular flexibility index (Phi) is 9.17. The Balaban J connectivity index is 0.00000156. The predicted molar refractivity (Wildman–Crippen MR) is 106 cm³/mol. The Labute approximate surface area is 165 Å². The van der Waals surface area contributed by atoms with Crippen molar-refractivity contribution in [3.63, 3.8) is 0 Å². The molecule has 136 valence electrons. The quantitative estimate of drug-likeness (QED) is 0.823. The van der Waals surface area contributed by atoms with Gasteiger partial charge in [0.1, 0.15) is 0 Å². The number of carbonyl (C=O) groups excluding carboxylic acids is 1. The van der Waals surface area contributed by atoms with Gasteiger partial charge in [0.25, 0.3) is 0 Å². The maximum absolute atomic E-state index is 12.3. The number of amides is 1. The number of halogens is 3. The van der Waals surface area contributed by atoms with Crippen molar-refractivity contribution < 1.29 is 4.79 Å². The lowest BCUT2D eigenvalue weighted by Gasteiger charge is -2.36. The second kappa shape index (κ2) is 10.6. The summed E-state index contributed by atoms with van der Waals surface area (Å²) >= 11 is 6.10. The summed E-state index contributed by atoms with van der Waals surface area (Å²) in [6.45, 7) is 2.85. The second-order valence-corrected chi connectivity index (χ2v) is 5.97. The lowest BCUT2D eigenvalue weighted by atomic mass is 10.0. The topological polar surface area (TPSA) is 57.3 Å². The summed E-state index contributed by atoms with van der Waals surface area (Å²) in [4.78, 5) is 18.4. The lowest BCUT2D eigenvalue weighted by molar-refractivity contribution is -0.118. The van der Waals surface area contributed by atoms with Crippen LogP contribution in [0.1, 0.15) is 11.6 Å². The number of carbonyl (C=O) groups is 1. The van der Waals surface area contributed by atoms with Gasteiger partial charge in [-0.3, -0.25) is 14.7 Å². The van der Waals surface area contributed by atoms with Crippen molar-refractivity contribution in [1.29, 1.82) is 0 Å². The summed E-state index contributed by atoms with van der Waals surface area (Å²) in [6, 6.07) is 11.5. The van der Waals surface area contributed by atoms with E-state index in [-0.39, 0.29) is 36.8 Å². The van der Waals surface area contributed by atoms with E-state index in [1.165, 1.54) is 0 Å². The molecule has 3 rings (SSSR count). The second-order valence-electron chi connectivity index (χ2n) is 5.53. The fourth-order valence-corrected chi connectivity index (χ4v) is 3.00. The van der Waals surface area contributed by atoms with E-state index in [4.69, 9.17) is 11.6 Å². The molecule has 5 nitrogen and oxygen atoms in total. The van der Waals surface area contributed by atoms with Crippen LogP contribution >= 0.6 is 36.4 Å². The summed E-state index contributed by atoms with van der Waals surface area (Å²) in [5.74, 6) is -0.0230. The maximum atomic E-state index is 12.3. The number of nitrogens with zero attached hydrogens (tertiary/aromatic N) is 2. The molecule has 2 N–H and O–H groups in total. The molecule has 0 saturated carbocycles. The van der Waals surface area contributed by atoms with Crippen LogP contribution < -0.4 is 10.6 Å². The Hall–Kier alpha value is -1.37. The summed E-state index contributed by atoms with van der Waals surface area (Å²) < 4.78 is 0. The van der Waals surface area contributed by atoms with Gasteiger partial charge in [-0.1, -0.05) is 23.7 Å². The largest absolute Gasteiger partial charge is 0.325 e. The van der Waals surface area contributed by atoms with E-state index >= 15 is 0 Å². The normalized spacial score (nSPS) is 17.1. The molecule has 1 aliphatic rings. The van der Waals surface area contributed by atoms with Gasteiger partial charge in [-0.05, 0) is 29.8 Å². The van der Waals surface area contributed by atoms with Gasteiger partial charge in [0.15, 0.2) is 0 Å². The van der Waals surface area contributed by atoms with Gasteiger partial charge in [-0.25, -0.2) is 0 Å². The average Bonchev–Trinajstić information content (AvgIpc) is 2.56. The van der Waals surface area contributed by atoms with Crippen molar-refractivity contribution in [2.45, 2.75) is 6.04 Å². The van der Waals surface area contributed by atoms with E-state index in [9.17, 15) is 4.79 Å². The van der Waals surface area contributed by atoms with E-state index in [1.54, 1.807) is 24.5 Å². The van der Waals surface area contributed by atoms with Crippen LogP contribution in [0.2, 0.25) is 5.02 Å². The molecule has 2 heterocycles. The number of hydrogen-bond acceptors (Lipinski definition) is 4. The highest BCUT2D eigenvalue weighted by molar-refractivity contribution is 6.30. The lowest BCUT2D eigenvalue weighted by Crippen LogP contribution is -2.48. The number of piperazine rings is 1. The predicted octanol–water partition coefficient (Wildman–Crippen LogP) is 3.16. The number of nitrogens with one attached hydrogen (secondary N) is 2.